The molecule has 2 amide bonds. The summed E-state index contributed by atoms with van der Waals surface area (Å²) >= 11 is 0. The van der Waals surface area contributed by atoms with Crippen molar-refractivity contribution in [1.29, 1.82) is 0 Å². The number of hydrogen-bond acceptors (Lipinski definition) is 2. The van der Waals surface area contributed by atoms with Crippen molar-refractivity contribution in [3.63, 3.8) is 0 Å². The van der Waals surface area contributed by atoms with Crippen LogP contribution < -0.4 is 5.32 Å². The minimum absolute atomic E-state index is 0.0478. The summed E-state index contributed by atoms with van der Waals surface area (Å²) in [6, 6.07) is 0. The fourth-order valence-electron chi connectivity index (χ4n) is 1.29. The lowest BCUT2D eigenvalue weighted by molar-refractivity contribution is -0.134. The van der Waals surface area contributed by atoms with Gasteiger partial charge in [-0.3, -0.25) is 9.59 Å². The van der Waals surface area contributed by atoms with Crippen LogP contribution in [0.1, 0.15) is 34.6 Å². The zero-order valence-corrected chi connectivity index (χ0v) is 11.0. The minimum atomic E-state index is -0.0791. The zero-order valence-electron chi connectivity index (χ0n) is 11.0. The zero-order chi connectivity index (χ0) is 12.7. The van der Waals surface area contributed by atoms with Crippen LogP contribution in [0.25, 0.3) is 0 Å². The maximum atomic E-state index is 11.5. The summed E-state index contributed by atoms with van der Waals surface area (Å²) < 4.78 is 0. The molecule has 94 valence electrons. The summed E-state index contributed by atoms with van der Waals surface area (Å²) in [5.74, 6) is 0.680. The van der Waals surface area contributed by atoms with Crippen LogP contribution in [0.5, 0.6) is 0 Å². The van der Waals surface area contributed by atoms with Crippen molar-refractivity contribution in [2.24, 2.45) is 11.8 Å². The highest BCUT2D eigenvalue weighted by Gasteiger charge is 2.14. The van der Waals surface area contributed by atoms with E-state index in [0.29, 0.717) is 24.9 Å². The van der Waals surface area contributed by atoms with E-state index < -0.39 is 0 Å². The average Bonchev–Trinajstić information content (AvgIpc) is 2.12. The van der Waals surface area contributed by atoms with Gasteiger partial charge >= 0.3 is 0 Å². The Labute approximate surface area is 98.4 Å². The SMILES string of the molecule is CC(=O)N(CC(=O)NCC(C)C)CC(C)C. The molecule has 0 unspecified atom stereocenters. The maximum Gasteiger partial charge on any atom is 0.239 e. The highest BCUT2D eigenvalue weighted by atomic mass is 16.2. The standard InChI is InChI=1S/C12H24N2O2/c1-9(2)6-13-12(16)8-14(11(5)15)7-10(3)4/h9-10H,6-8H2,1-5H3,(H,13,16). The second-order valence-electron chi connectivity index (χ2n) is 4.99. The molecule has 0 heterocycles. The molecule has 0 aliphatic carbocycles. The first kappa shape index (κ1) is 14.9. The third-order valence-electron chi connectivity index (χ3n) is 2.07. The molecule has 0 aromatic carbocycles. The molecule has 0 radical (unpaired) electrons. The molecule has 0 spiro atoms. The summed E-state index contributed by atoms with van der Waals surface area (Å²) in [6.07, 6.45) is 0. The highest BCUT2D eigenvalue weighted by molar-refractivity contribution is 5.83. The summed E-state index contributed by atoms with van der Waals surface area (Å²) in [5.41, 5.74) is 0. The van der Waals surface area contributed by atoms with Gasteiger partial charge in [0.25, 0.3) is 0 Å². The predicted octanol–water partition coefficient (Wildman–Crippen LogP) is 1.26. The molecule has 0 bridgehead atoms. The molecule has 4 nitrogen and oxygen atoms in total. The highest BCUT2D eigenvalue weighted by Crippen LogP contribution is 1.99. The Kier molecular flexibility index (Phi) is 6.77. The van der Waals surface area contributed by atoms with E-state index in [4.69, 9.17) is 0 Å². The second-order valence-corrected chi connectivity index (χ2v) is 4.99. The monoisotopic (exact) mass is 228 g/mol. The summed E-state index contributed by atoms with van der Waals surface area (Å²) in [4.78, 5) is 24.4. The summed E-state index contributed by atoms with van der Waals surface area (Å²) in [5, 5.41) is 2.81. The van der Waals surface area contributed by atoms with Crippen LogP contribution in [0, 0.1) is 11.8 Å². The van der Waals surface area contributed by atoms with Crippen LogP contribution in [-0.4, -0.2) is 36.3 Å². The normalized spacial score (nSPS) is 10.7. The van der Waals surface area contributed by atoms with Crippen molar-refractivity contribution >= 4 is 11.8 Å². The molecule has 4 heteroatoms. The molecule has 0 saturated carbocycles. The fraction of sp³-hybridized carbons (Fsp3) is 0.833. The average molecular weight is 228 g/mol. The van der Waals surface area contributed by atoms with Gasteiger partial charge in [0.05, 0.1) is 6.54 Å². The van der Waals surface area contributed by atoms with Crippen molar-refractivity contribution in [1.82, 2.24) is 10.2 Å². The molecule has 0 atom stereocenters. The Balaban J connectivity index is 4.08. The molecule has 0 fully saturated rings. The molecule has 1 N–H and O–H groups in total. The van der Waals surface area contributed by atoms with Gasteiger partial charge in [-0.15, -0.1) is 0 Å². The van der Waals surface area contributed by atoms with E-state index in [-0.39, 0.29) is 18.4 Å². The number of amides is 2. The molecule has 16 heavy (non-hydrogen) atoms. The lowest BCUT2D eigenvalue weighted by atomic mass is 10.2. The Morgan fingerprint density at radius 1 is 1.12 bits per heavy atom. The maximum absolute atomic E-state index is 11.5. The quantitative estimate of drug-likeness (QED) is 0.744. The molecule has 0 saturated heterocycles. The van der Waals surface area contributed by atoms with E-state index in [1.54, 1.807) is 4.90 Å². The summed E-state index contributed by atoms with van der Waals surface area (Å²) in [6.45, 7) is 11.1. The van der Waals surface area contributed by atoms with Crippen LogP contribution in [0.4, 0.5) is 0 Å². The number of nitrogens with one attached hydrogen (secondary N) is 1. The van der Waals surface area contributed by atoms with Crippen LogP contribution in [-0.2, 0) is 9.59 Å². The minimum Gasteiger partial charge on any atom is -0.354 e. The molecule has 0 aromatic heterocycles. The van der Waals surface area contributed by atoms with Crippen molar-refractivity contribution in [2.75, 3.05) is 19.6 Å². The number of carbonyl (C=O) groups excluding carboxylic acids is 2. The van der Waals surface area contributed by atoms with Crippen LogP contribution >= 0.6 is 0 Å². The fourth-order valence-corrected chi connectivity index (χ4v) is 1.29. The van der Waals surface area contributed by atoms with Gasteiger partial charge < -0.3 is 10.2 Å². The third kappa shape index (κ3) is 7.26. The predicted molar refractivity (Wildman–Crippen MR) is 64.9 cm³/mol. The van der Waals surface area contributed by atoms with E-state index in [1.807, 2.05) is 27.7 Å². The van der Waals surface area contributed by atoms with Crippen LogP contribution in [0.15, 0.2) is 0 Å². The Bertz CT molecular complexity index is 237. The molecule has 0 aliphatic rings. The van der Waals surface area contributed by atoms with E-state index in [0.717, 1.165) is 0 Å². The van der Waals surface area contributed by atoms with E-state index in [9.17, 15) is 9.59 Å². The van der Waals surface area contributed by atoms with Gasteiger partial charge in [-0.2, -0.15) is 0 Å². The van der Waals surface area contributed by atoms with Crippen LogP contribution in [0.3, 0.4) is 0 Å². The van der Waals surface area contributed by atoms with Crippen molar-refractivity contribution in [3.05, 3.63) is 0 Å². The van der Waals surface area contributed by atoms with E-state index in [1.165, 1.54) is 6.92 Å². The van der Waals surface area contributed by atoms with Gasteiger partial charge in [0, 0.05) is 20.0 Å². The third-order valence-corrected chi connectivity index (χ3v) is 2.07. The molecule has 0 rings (SSSR count). The summed E-state index contributed by atoms with van der Waals surface area (Å²) in [7, 11) is 0. The van der Waals surface area contributed by atoms with Crippen molar-refractivity contribution in [2.45, 2.75) is 34.6 Å². The largest absolute Gasteiger partial charge is 0.354 e. The second kappa shape index (κ2) is 7.25. The van der Waals surface area contributed by atoms with Gasteiger partial charge in [0.1, 0.15) is 0 Å². The first-order chi connectivity index (χ1) is 7.32. The first-order valence-electron chi connectivity index (χ1n) is 5.85. The topological polar surface area (TPSA) is 49.4 Å². The number of rotatable bonds is 6. The molecular weight excluding hydrogens is 204 g/mol. The number of nitrogens with zero attached hydrogens (tertiary/aromatic N) is 1. The van der Waals surface area contributed by atoms with Gasteiger partial charge in [-0.25, -0.2) is 0 Å². The smallest absolute Gasteiger partial charge is 0.239 e. The molecule has 0 aliphatic heterocycles. The lowest BCUT2D eigenvalue weighted by Crippen LogP contribution is -2.42. The first-order valence-corrected chi connectivity index (χ1v) is 5.85. The van der Waals surface area contributed by atoms with E-state index in [2.05, 4.69) is 5.32 Å². The number of carbonyl (C=O) groups is 2. The van der Waals surface area contributed by atoms with Crippen molar-refractivity contribution in [3.8, 4) is 0 Å². The molecular formula is C12H24N2O2. The van der Waals surface area contributed by atoms with E-state index >= 15 is 0 Å². The Morgan fingerprint density at radius 2 is 1.69 bits per heavy atom. The Hall–Kier alpha value is -1.06. The number of hydrogen-bond donors (Lipinski definition) is 1. The Morgan fingerprint density at radius 3 is 2.06 bits per heavy atom. The van der Waals surface area contributed by atoms with Gasteiger partial charge in [-0.1, -0.05) is 27.7 Å². The van der Waals surface area contributed by atoms with Crippen molar-refractivity contribution < 1.29 is 9.59 Å². The van der Waals surface area contributed by atoms with Gasteiger partial charge in [0.15, 0.2) is 0 Å². The molecule has 0 aromatic rings. The lowest BCUT2D eigenvalue weighted by Gasteiger charge is -2.22. The van der Waals surface area contributed by atoms with Gasteiger partial charge in [-0.05, 0) is 11.8 Å². The van der Waals surface area contributed by atoms with Gasteiger partial charge in [0.2, 0.25) is 11.8 Å². The van der Waals surface area contributed by atoms with Crippen LogP contribution in [0.2, 0.25) is 0 Å².